The summed E-state index contributed by atoms with van der Waals surface area (Å²) in [7, 11) is 0. The van der Waals surface area contributed by atoms with Crippen LogP contribution in [0.15, 0.2) is 94.2 Å². The molecule has 6 rings (SSSR count). The molecule has 0 aliphatic carbocycles. The van der Waals surface area contributed by atoms with Crippen molar-refractivity contribution in [2.24, 2.45) is 0 Å². The maximum Gasteiger partial charge on any atom is 0.310 e. The number of hydrogen-bond acceptors (Lipinski definition) is 6. The number of benzene rings is 4. The Balaban J connectivity index is 1.05. The second-order valence-corrected chi connectivity index (χ2v) is 8.64. The molecule has 0 atom stereocenters. The zero-order valence-corrected chi connectivity index (χ0v) is 19.4. The Bertz CT molecular complexity index is 1610. The summed E-state index contributed by atoms with van der Waals surface area (Å²) in [6.07, 6.45) is 3.33. The molecule has 36 heavy (non-hydrogen) atoms. The molecule has 0 N–H and O–H groups in total. The van der Waals surface area contributed by atoms with Crippen LogP contribution in [0.1, 0.15) is 11.1 Å². The second-order valence-electron chi connectivity index (χ2n) is 8.64. The monoisotopic (exact) mass is 478 g/mol. The highest BCUT2D eigenvalue weighted by atomic mass is 16.6. The minimum Gasteiger partial charge on any atom is -0.464 e. The number of hydrogen-bond donors (Lipinski definition) is 0. The van der Waals surface area contributed by atoms with E-state index in [0.717, 1.165) is 54.6 Å². The van der Waals surface area contributed by atoms with Crippen LogP contribution in [-0.2, 0) is 31.9 Å². The first-order valence-electron chi connectivity index (χ1n) is 11.7. The summed E-state index contributed by atoms with van der Waals surface area (Å²) in [6, 6.07) is 23.7. The lowest BCUT2D eigenvalue weighted by atomic mass is 10.0. The van der Waals surface area contributed by atoms with E-state index in [-0.39, 0.29) is 26.1 Å². The van der Waals surface area contributed by atoms with Crippen molar-refractivity contribution >= 4 is 55.4 Å². The predicted molar refractivity (Wildman–Crippen MR) is 137 cm³/mol. The first kappa shape index (κ1) is 21.9. The van der Waals surface area contributed by atoms with E-state index >= 15 is 0 Å². The minimum absolute atomic E-state index is 0.0177. The molecule has 0 fully saturated rings. The fraction of sp³-hybridized carbons (Fsp3) is 0.133. The van der Waals surface area contributed by atoms with Crippen LogP contribution in [-0.4, -0.2) is 25.2 Å². The topological polar surface area (TPSA) is 78.9 Å². The summed E-state index contributed by atoms with van der Waals surface area (Å²) in [5.41, 5.74) is 2.99. The average molecular weight is 479 g/mol. The molecule has 0 bridgehead atoms. The van der Waals surface area contributed by atoms with Crippen LogP contribution in [0.25, 0.3) is 43.5 Å². The van der Waals surface area contributed by atoms with Gasteiger partial charge in [0.2, 0.25) is 0 Å². The minimum atomic E-state index is -0.408. The fourth-order valence-corrected chi connectivity index (χ4v) is 4.73. The lowest BCUT2D eigenvalue weighted by Crippen LogP contribution is -2.16. The molecule has 0 aliphatic heterocycles. The Hall–Kier alpha value is -4.58. The highest BCUT2D eigenvalue weighted by Crippen LogP contribution is 2.31. The van der Waals surface area contributed by atoms with Crippen molar-refractivity contribution in [3.8, 4) is 0 Å². The molecule has 6 heteroatoms. The molecule has 6 nitrogen and oxygen atoms in total. The van der Waals surface area contributed by atoms with Gasteiger partial charge in [0.1, 0.15) is 24.4 Å². The molecule has 6 aromatic rings. The van der Waals surface area contributed by atoms with Gasteiger partial charge in [-0.3, -0.25) is 9.59 Å². The van der Waals surface area contributed by atoms with Gasteiger partial charge < -0.3 is 18.3 Å². The number of carbonyl (C=O) groups is 2. The summed E-state index contributed by atoms with van der Waals surface area (Å²) in [4.78, 5) is 24.9. The van der Waals surface area contributed by atoms with Crippen LogP contribution in [0, 0.1) is 0 Å². The summed E-state index contributed by atoms with van der Waals surface area (Å²) >= 11 is 0. The highest BCUT2D eigenvalue weighted by Gasteiger charge is 2.16. The van der Waals surface area contributed by atoms with E-state index in [0.29, 0.717) is 0 Å². The number of carbonyl (C=O) groups excluding carboxylic acids is 2. The average Bonchev–Trinajstić information content (AvgIpc) is 3.51. The van der Waals surface area contributed by atoms with Gasteiger partial charge >= 0.3 is 11.9 Å². The molecule has 0 spiro atoms. The molecule has 0 amide bonds. The van der Waals surface area contributed by atoms with Crippen LogP contribution >= 0.6 is 0 Å². The Morgan fingerprint density at radius 1 is 0.583 bits per heavy atom. The van der Waals surface area contributed by atoms with E-state index in [1.165, 1.54) is 0 Å². The fourth-order valence-electron chi connectivity index (χ4n) is 4.73. The van der Waals surface area contributed by atoms with Crippen LogP contribution in [0.2, 0.25) is 0 Å². The van der Waals surface area contributed by atoms with Crippen LogP contribution in [0.3, 0.4) is 0 Å². The van der Waals surface area contributed by atoms with Crippen molar-refractivity contribution in [1.29, 1.82) is 0 Å². The molecule has 4 aromatic carbocycles. The van der Waals surface area contributed by atoms with Crippen LogP contribution in [0.5, 0.6) is 0 Å². The predicted octanol–water partition coefficient (Wildman–Crippen LogP) is 6.36. The molecule has 178 valence electrons. The van der Waals surface area contributed by atoms with Gasteiger partial charge in [-0.25, -0.2) is 0 Å². The molecule has 0 saturated carbocycles. The number of esters is 2. The van der Waals surface area contributed by atoms with E-state index in [2.05, 4.69) is 0 Å². The van der Waals surface area contributed by atoms with E-state index in [1.807, 2.05) is 72.8 Å². The molecule has 2 heterocycles. The summed E-state index contributed by atoms with van der Waals surface area (Å²) in [6.45, 7) is -0.0354. The van der Waals surface area contributed by atoms with Crippen molar-refractivity contribution in [3.63, 3.8) is 0 Å². The van der Waals surface area contributed by atoms with E-state index in [9.17, 15) is 9.59 Å². The maximum absolute atomic E-state index is 12.4. The summed E-state index contributed by atoms with van der Waals surface area (Å²) in [5, 5.41) is 6.03. The Kier molecular flexibility index (Phi) is 5.62. The number of rotatable bonds is 7. The maximum atomic E-state index is 12.4. The van der Waals surface area contributed by atoms with Crippen LogP contribution in [0.4, 0.5) is 0 Å². The lowest BCUT2D eigenvalue weighted by Gasteiger charge is -2.07. The van der Waals surface area contributed by atoms with E-state index in [1.54, 1.807) is 12.5 Å². The van der Waals surface area contributed by atoms with Crippen molar-refractivity contribution in [2.45, 2.75) is 12.8 Å². The smallest absolute Gasteiger partial charge is 0.310 e. The van der Waals surface area contributed by atoms with Gasteiger partial charge in [-0.05, 0) is 33.7 Å². The van der Waals surface area contributed by atoms with E-state index < -0.39 is 11.9 Å². The zero-order chi connectivity index (χ0) is 24.5. The number of furan rings is 2. The largest absolute Gasteiger partial charge is 0.464 e. The zero-order valence-electron chi connectivity index (χ0n) is 19.4. The SMILES string of the molecule is O=C(Cc1coc2ccc3ccccc3c12)OCCOC(=O)Cc1coc2ccc3ccccc3c12. The Morgan fingerprint density at radius 3 is 1.50 bits per heavy atom. The first-order valence-corrected chi connectivity index (χ1v) is 11.7. The van der Waals surface area contributed by atoms with Crippen molar-refractivity contribution in [3.05, 3.63) is 96.4 Å². The molecule has 2 aromatic heterocycles. The molecule has 0 aliphatic rings. The van der Waals surface area contributed by atoms with Crippen molar-refractivity contribution in [2.75, 3.05) is 13.2 Å². The third kappa shape index (κ3) is 4.07. The Morgan fingerprint density at radius 2 is 1.03 bits per heavy atom. The standard InChI is InChI=1S/C30H22O6/c31-27(15-21-17-35-25-11-9-19-5-1-3-7-23(19)29(21)25)33-13-14-34-28(32)16-22-18-36-26-12-10-20-6-2-4-8-24(20)30(22)26/h1-12,17-18H,13-16H2. The van der Waals surface area contributed by atoms with Gasteiger partial charge in [-0.15, -0.1) is 0 Å². The van der Waals surface area contributed by atoms with Gasteiger partial charge in [0, 0.05) is 21.9 Å². The second kappa shape index (κ2) is 9.23. The van der Waals surface area contributed by atoms with Gasteiger partial charge in [0.05, 0.1) is 25.4 Å². The lowest BCUT2D eigenvalue weighted by molar-refractivity contribution is -0.151. The molecule has 0 unspecified atom stereocenters. The summed E-state index contributed by atoms with van der Waals surface area (Å²) < 4.78 is 21.9. The van der Waals surface area contributed by atoms with Crippen LogP contribution < -0.4 is 0 Å². The first-order chi connectivity index (χ1) is 17.7. The number of fused-ring (bicyclic) bond motifs is 6. The quantitative estimate of drug-likeness (QED) is 0.196. The van der Waals surface area contributed by atoms with Gasteiger partial charge in [-0.2, -0.15) is 0 Å². The summed E-state index contributed by atoms with van der Waals surface area (Å²) in [5.74, 6) is -0.817. The molecular weight excluding hydrogens is 456 g/mol. The highest BCUT2D eigenvalue weighted by molar-refractivity contribution is 6.09. The normalized spacial score (nSPS) is 11.4. The third-order valence-electron chi connectivity index (χ3n) is 6.36. The molecular formula is C30H22O6. The van der Waals surface area contributed by atoms with E-state index in [4.69, 9.17) is 18.3 Å². The number of ether oxygens (including phenoxy) is 2. The van der Waals surface area contributed by atoms with Gasteiger partial charge in [0.25, 0.3) is 0 Å². The third-order valence-corrected chi connectivity index (χ3v) is 6.36. The van der Waals surface area contributed by atoms with Gasteiger partial charge in [0.15, 0.2) is 0 Å². The molecule has 0 saturated heterocycles. The van der Waals surface area contributed by atoms with Crippen molar-refractivity contribution in [1.82, 2.24) is 0 Å². The van der Waals surface area contributed by atoms with Crippen molar-refractivity contribution < 1.29 is 27.9 Å². The Labute approximate surface area is 206 Å². The molecule has 0 radical (unpaired) electrons. The van der Waals surface area contributed by atoms with Gasteiger partial charge in [-0.1, -0.05) is 60.7 Å².